The largest absolute Gasteiger partial charge is 0.475 e. The predicted octanol–water partition coefficient (Wildman–Crippen LogP) is 4.51. The first-order valence-electron chi connectivity index (χ1n) is 8.87. The Hall–Kier alpha value is -3.50. The van der Waals surface area contributed by atoms with Gasteiger partial charge in [0.15, 0.2) is 17.5 Å². The van der Waals surface area contributed by atoms with Gasteiger partial charge < -0.3 is 9.47 Å². The summed E-state index contributed by atoms with van der Waals surface area (Å²) in [6.45, 7) is 0.767. The van der Waals surface area contributed by atoms with Crippen molar-refractivity contribution in [3.05, 3.63) is 74.7 Å². The van der Waals surface area contributed by atoms with E-state index in [9.17, 15) is 19.7 Å². The molecule has 0 atom stereocenters. The van der Waals surface area contributed by atoms with Gasteiger partial charge in [0.1, 0.15) is 6.61 Å². The standard InChI is InChI=1S/C20H16ClN3O6S/c1-13(25)23(16-6-4-5-14(21)9-16)20-22-15(12-31-20)10-30-19(26)11-29-18-8-3-2-7-17(18)24(27)28/h2-9,12H,10-11H2,1H3. The minimum Gasteiger partial charge on any atom is -0.475 e. The molecule has 1 aromatic heterocycles. The number of esters is 1. The number of nitro groups is 1. The average Bonchev–Trinajstić information content (AvgIpc) is 3.19. The minimum absolute atomic E-state index is 0.0287. The summed E-state index contributed by atoms with van der Waals surface area (Å²) in [5, 5.41) is 13.5. The fourth-order valence-electron chi connectivity index (χ4n) is 2.57. The molecular formula is C20H16ClN3O6S. The van der Waals surface area contributed by atoms with Crippen LogP contribution in [0.2, 0.25) is 5.02 Å². The van der Waals surface area contributed by atoms with E-state index in [1.807, 2.05) is 0 Å². The molecule has 2 aromatic carbocycles. The lowest BCUT2D eigenvalue weighted by molar-refractivity contribution is -0.385. The number of benzene rings is 2. The van der Waals surface area contributed by atoms with Crippen molar-refractivity contribution < 1.29 is 24.0 Å². The number of rotatable bonds is 8. The van der Waals surface area contributed by atoms with Crippen molar-refractivity contribution in [3.63, 3.8) is 0 Å². The lowest BCUT2D eigenvalue weighted by Crippen LogP contribution is -2.22. The molecule has 0 radical (unpaired) electrons. The number of carbonyl (C=O) groups is 2. The topological polar surface area (TPSA) is 112 Å². The van der Waals surface area contributed by atoms with Gasteiger partial charge in [-0.15, -0.1) is 11.3 Å². The normalized spacial score (nSPS) is 10.4. The van der Waals surface area contributed by atoms with E-state index >= 15 is 0 Å². The SMILES string of the molecule is CC(=O)N(c1cccc(Cl)c1)c1nc(COC(=O)COc2ccccc2[N+](=O)[O-])cs1. The third kappa shape index (κ3) is 5.77. The van der Waals surface area contributed by atoms with E-state index in [1.54, 1.807) is 35.7 Å². The number of nitro benzene ring substituents is 1. The maximum absolute atomic E-state index is 12.1. The summed E-state index contributed by atoms with van der Waals surface area (Å²) in [6, 6.07) is 12.5. The summed E-state index contributed by atoms with van der Waals surface area (Å²) in [7, 11) is 0. The molecule has 0 aliphatic heterocycles. The van der Waals surface area contributed by atoms with E-state index in [1.165, 1.54) is 41.4 Å². The van der Waals surface area contributed by atoms with E-state index in [0.29, 0.717) is 21.5 Å². The number of hydrogen-bond acceptors (Lipinski definition) is 8. The number of para-hydroxylation sites is 2. The Morgan fingerprint density at radius 1 is 1.23 bits per heavy atom. The van der Waals surface area contributed by atoms with Crippen molar-refractivity contribution >= 4 is 51.3 Å². The second kappa shape index (κ2) is 10.0. The van der Waals surface area contributed by atoms with Gasteiger partial charge in [0, 0.05) is 23.4 Å². The van der Waals surface area contributed by atoms with Crippen molar-refractivity contribution in [2.75, 3.05) is 11.5 Å². The van der Waals surface area contributed by atoms with Gasteiger partial charge in [-0.3, -0.25) is 19.8 Å². The van der Waals surface area contributed by atoms with Crippen molar-refractivity contribution in [1.82, 2.24) is 4.98 Å². The molecule has 0 aliphatic rings. The number of amides is 1. The van der Waals surface area contributed by atoms with E-state index in [4.69, 9.17) is 21.1 Å². The molecule has 0 unspecified atom stereocenters. The first-order valence-corrected chi connectivity index (χ1v) is 10.1. The molecule has 0 fully saturated rings. The second-order valence-electron chi connectivity index (χ2n) is 6.13. The zero-order chi connectivity index (χ0) is 22.4. The smallest absolute Gasteiger partial charge is 0.344 e. The Bertz CT molecular complexity index is 1120. The molecular weight excluding hydrogens is 446 g/mol. The molecule has 0 aliphatic carbocycles. The molecule has 0 N–H and O–H groups in total. The van der Waals surface area contributed by atoms with Crippen LogP contribution in [0.25, 0.3) is 0 Å². The van der Waals surface area contributed by atoms with Crippen LogP contribution in [0.5, 0.6) is 5.75 Å². The highest BCUT2D eigenvalue weighted by Crippen LogP contribution is 2.30. The third-order valence-corrected chi connectivity index (χ3v) is 5.01. The Morgan fingerprint density at radius 3 is 2.71 bits per heavy atom. The summed E-state index contributed by atoms with van der Waals surface area (Å²) >= 11 is 7.22. The number of anilines is 2. The molecule has 31 heavy (non-hydrogen) atoms. The quantitative estimate of drug-likeness (QED) is 0.275. The number of ether oxygens (including phenoxy) is 2. The lowest BCUT2D eigenvalue weighted by Gasteiger charge is -2.18. The highest BCUT2D eigenvalue weighted by Gasteiger charge is 2.19. The second-order valence-corrected chi connectivity index (χ2v) is 7.40. The van der Waals surface area contributed by atoms with Gasteiger partial charge in [-0.05, 0) is 24.3 Å². The van der Waals surface area contributed by atoms with Crippen molar-refractivity contribution in [2.24, 2.45) is 0 Å². The molecule has 1 amide bonds. The van der Waals surface area contributed by atoms with Gasteiger partial charge in [0.2, 0.25) is 5.91 Å². The van der Waals surface area contributed by atoms with Crippen LogP contribution in [0.4, 0.5) is 16.5 Å². The number of thiazole rings is 1. The van der Waals surface area contributed by atoms with Crippen molar-refractivity contribution in [2.45, 2.75) is 13.5 Å². The fourth-order valence-corrected chi connectivity index (χ4v) is 3.63. The fraction of sp³-hybridized carbons (Fsp3) is 0.150. The summed E-state index contributed by atoms with van der Waals surface area (Å²) < 4.78 is 10.3. The summed E-state index contributed by atoms with van der Waals surface area (Å²) in [4.78, 5) is 40.2. The average molecular weight is 462 g/mol. The van der Waals surface area contributed by atoms with Crippen LogP contribution in [0.1, 0.15) is 12.6 Å². The molecule has 3 aromatic rings. The number of hydrogen-bond donors (Lipinski definition) is 0. The number of aromatic nitrogens is 1. The highest BCUT2D eigenvalue weighted by molar-refractivity contribution is 7.14. The summed E-state index contributed by atoms with van der Waals surface area (Å²) in [5.41, 5.74) is 0.757. The van der Waals surface area contributed by atoms with E-state index in [0.717, 1.165) is 0 Å². The van der Waals surface area contributed by atoms with Crippen molar-refractivity contribution in [3.8, 4) is 5.75 Å². The van der Waals surface area contributed by atoms with Gasteiger partial charge in [-0.2, -0.15) is 0 Å². The molecule has 160 valence electrons. The maximum Gasteiger partial charge on any atom is 0.344 e. The van der Waals surface area contributed by atoms with E-state index in [2.05, 4.69) is 4.98 Å². The molecule has 1 heterocycles. The van der Waals surface area contributed by atoms with Gasteiger partial charge >= 0.3 is 11.7 Å². The van der Waals surface area contributed by atoms with Crippen LogP contribution in [-0.4, -0.2) is 28.4 Å². The first-order chi connectivity index (χ1) is 14.8. The molecule has 9 nitrogen and oxygen atoms in total. The van der Waals surface area contributed by atoms with Gasteiger partial charge in [0.05, 0.1) is 16.3 Å². The van der Waals surface area contributed by atoms with Crippen LogP contribution in [0, 0.1) is 10.1 Å². The zero-order valence-electron chi connectivity index (χ0n) is 16.2. The Labute approximate surface area is 185 Å². The molecule has 0 saturated carbocycles. The Kier molecular flexibility index (Phi) is 7.16. The van der Waals surface area contributed by atoms with Crippen LogP contribution >= 0.6 is 22.9 Å². The van der Waals surface area contributed by atoms with Gasteiger partial charge in [-0.25, -0.2) is 9.78 Å². The van der Waals surface area contributed by atoms with Crippen LogP contribution in [0.15, 0.2) is 53.9 Å². The molecule has 0 saturated heterocycles. The van der Waals surface area contributed by atoms with Gasteiger partial charge in [0.25, 0.3) is 0 Å². The lowest BCUT2D eigenvalue weighted by atomic mass is 10.3. The van der Waals surface area contributed by atoms with E-state index in [-0.39, 0.29) is 24.0 Å². The molecule has 0 spiro atoms. The van der Waals surface area contributed by atoms with Gasteiger partial charge in [-0.1, -0.05) is 29.8 Å². The van der Waals surface area contributed by atoms with Crippen molar-refractivity contribution in [1.29, 1.82) is 0 Å². The number of carbonyl (C=O) groups excluding carboxylic acids is 2. The van der Waals surface area contributed by atoms with Crippen LogP contribution in [-0.2, 0) is 20.9 Å². The maximum atomic E-state index is 12.1. The molecule has 3 rings (SSSR count). The highest BCUT2D eigenvalue weighted by atomic mass is 35.5. The monoisotopic (exact) mass is 461 g/mol. The number of nitrogens with zero attached hydrogens (tertiary/aromatic N) is 3. The minimum atomic E-state index is -0.717. The Morgan fingerprint density at radius 2 is 2.00 bits per heavy atom. The third-order valence-electron chi connectivity index (χ3n) is 3.90. The van der Waals surface area contributed by atoms with E-state index < -0.39 is 17.5 Å². The van der Waals surface area contributed by atoms with Crippen LogP contribution < -0.4 is 9.64 Å². The summed E-state index contributed by atoms with van der Waals surface area (Å²) in [6.07, 6.45) is 0. The van der Waals surface area contributed by atoms with Crippen LogP contribution in [0.3, 0.4) is 0 Å². The molecule has 0 bridgehead atoms. The Balaban J connectivity index is 1.60. The number of halogens is 1. The first kappa shape index (κ1) is 22.2. The summed E-state index contributed by atoms with van der Waals surface area (Å²) in [5.74, 6) is -0.997. The zero-order valence-corrected chi connectivity index (χ0v) is 17.8. The predicted molar refractivity (Wildman–Crippen MR) is 115 cm³/mol. The molecule has 11 heteroatoms.